The van der Waals surface area contributed by atoms with Crippen LogP contribution in [0, 0.1) is 11.6 Å². The third-order valence-electron chi connectivity index (χ3n) is 6.84. The number of halogens is 2. The molecule has 2 N–H and O–H groups in total. The molecule has 5 rings (SSSR count). The van der Waals surface area contributed by atoms with E-state index in [1.54, 1.807) is 12.1 Å². The predicted octanol–water partition coefficient (Wildman–Crippen LogP) is 5.95. The Morgan fingerprint density at radius 3 is 2.17 bits per heavy atom. The molecule has 2 heterocycles. The summed E-state index contributed by atoms with van der Waals surface area (Å²) in [6.07, 6.45) is -2.85. The molecule has 1 fully saturated rings. The van der Waals surface area contributed by atoms with Gasteiger partial charge in [-0.3, -0.25) is 4.90 Å². The van der Waals surface area contributed by atoms with E-state index in [4.69, 9.17) is 24.2 Å². The molecule has 1 aliphatic rings. The highest BCUT2D eigenvalue weighted by molar-refractivity contribution is 5.61. The summed E-state index contributed by atoms with van der Waals surface area (Å²) in [6.45, 7) is 1.21. The van der Waals surface area contributed by atoms with Gasteiger partial charge in [-0.2, -0.15) is 4.98 Å². The second-order valence-corrected chi connectivity index (χ2v) is 9.61. The smallest absolute Gasteiger partial charge is 0.450 e. The van der Waals surface area contributed by atoms with E-state index in [1.165, 1.54) is 12.1 Å². The monoisotopic (exact) mass is 565 g/mol. The third-order valence-corrected chi connectivity index (χ3v) is 6.84. The molecule has 1 aromatic heterocycles. The molecule has 0 atom stereocenters. The minimum Gasteiger partial charge on any atom is -0.450 e. The number of rotatable bonds is 8. The quantitative estimate of drug-likeness (QED) is 0.195. The van der Waals surface area contributed by atoms with Gasteiger partial charge in [-0.25, -0.2) is 18.4 Å². The second-order valence-electron chi connectivity index (χ2n) is 9.61. The van der Waals surface area contributed by atoms with Gasteiger partial charge in [-0.1, -0.05) is 65.8 Å². The van der Waals surface area contributed by atoms with Crippen molar-refractivity contribution >= 4 is 12.3 Å². The Kier molecular flexibility index (Phi) is 7.92. The number of benzene rings is 3. The van der Waals surface area contributed by atoms with Crippen LogP contribution in [0.2, 0.25) is 0 Å². The van der Waals surface area contributed by atoms with Crippen LogP contribution in [0.4, 0.5) is 18.4 Å². The summed E-state index contributed by atoms with van der Waals surface area (Å²) < 4.78 is 44.5. The van der Waals surface area contributed by atoms with Gasteiger partial charge in [0.25, 0.3) is 11.7 Å². The molecule has 41 heavy (non-hydrogen) atoms. The van der Waals surface area contributed by atoms with E-state index >= 15 is 0 Å². The first-order valence-electron chi connectivity index (χ1n) is 12.7. The first-order chi connectivity index (χ1) is 19.7. The van der Waals surface area contributed by atoms with Gasteiger partial charge in [0, 0.05) is 44.5 Å². The second kappa shape index (κ2) is 11.7. The highest BCUT2D eigenvalue weighted by Gasteiger charge is 2.42. The minimum absolute atomic E-state index is 0.0553. The zero-order valence-corrected chi connectivity index (χ0v) is 21.6. The van der Waals surface area contributed by atoms with Crippen molar-refractivity contribution in [1.82, 2.24) is 15.0 Å². The SMILES string of the molecule is O=C(O)OC1(OC(=O)O)CCN(Cc2ccc(-c3noc(-c4ccc(Cc5ccccc5)c(F)c4F)n3)cc2)CC1. The van der Waals surface area contributed by atoms with Crippen molar-refractivity contribution in [3.63, 3.8) is 0 Å². The Morgan fingerprint density at radius 2 is 1.54 bits per heavy atom. The normalized spacial score (nSPS) is 14.9. The maximum atomic E-state index is 14.9. The van der Waals surface area contributed by atoms with Gasteiger partial charge in [0.1, 0.15) is 0 Å². The molecule has 1 saturated heterocycles. The first-order valence-corrected chi connectivity index (χ1v) is 12.7. The summed E-state index contributed by atoms with van der Waals surface area (Å²) in [7, 11) is 0. The average molecular weight is 566 g/mol. The van der Waals surface area contributed by atoms with Crippen LogP contribution in [0.3, 0.4) is 0 Å². The fourth-order valence-electron chi connectivity index (χ4n) is 4.77. The van der Waals surface area contributed by atoms with E-state index in [9.17, 15) is 18.4 Å². The van der Waals surface area contributed by atoms with Crippen molar-refractivity contribution in [3.8, 4) is 22.8 Å². The topological polar surface area (TPSA) is 135 Å². The Hall–Kier alpha value is -4.84. The molecule has 12 heteroatoms. The summed E-state index contributed by atoms with van der Waals surface area (Å²) >= 11 is 0. The summed E-state index contributed by atoms with van der Waals surface area (Å²) in [4.78, 5) is 28.3. The molecule has 212 valence electrons. The van der Waals surface area contributed by atoms with Crippen LogP contribution in [0.5, 0.6) is 0 Å². The fraction of sp³-hybridized carbons (Fsp3) is 0.241. The molecule has 4 aromatic rings. The lowest BCUT2D eigenvalue weighted by atomic mass is 10.0. The zero-order chi connectivity index (χ0) is 29.0. The van der Waals surface area contributed by atoms with Crippen molar-refractivity contribution in [2.75, 3.05) is 13.1 Å². The van der Waals surface area contributed by atoms with E-state index in [0.29, 0.717) is 25.2 Å². The van der Waals surface area contributed by atoms with Crippen LogP contribution < -0.4 is 0 Å². The molecule has 0 unspecified atom stereocenters. The largest absolute Gasteiger partial charge is 0.509 e. The summed E-state index contributed by atoms with van der Waals surface area (Å²) in [6, 6.07) is 19.3. The molecule has 0 amide bonds. The zero-order valence-electron chi connectivity index (χ0n) is 21.6. The van der Waals surface area contributed by atoms with Crippen LogP contribution in [0.1, 0.15) is 29.5 Å². The Labute approximate surface area is 232 Å². The van der Waals surface area contributed by atoms with Gasteiger partial charge < -0.3 is 24.2 Å². The predicted molar refractivity (Wildman–Crippen MR) is 140 cm³/mol. The van der Waals surface area contributed by atoms with Crippen molar-refractivity contribution in [2.45, 2.75) is 31.6 Å². The van der Waals surface area contributed by atoms with Gasteiger partial charge in [-0.05, 0) is 22.8 Å². The van der Waals surface area contributed by atoms with Crippen LogP contribution in [-0.4, -0.2) is 56.4 Å². The van der Waals surface area contributed by atoms with E-state index < -0.39 is 29.7 Å². The number of nitrogens with zero attached hydrogens (tertiary/aromatic N) is 3. The summed E-state index contributed by atoms with van der Waals surface area (Å²) in [5, 5.41) is 21.8. The standard InChI is InChI=1S/C29H25F2N3O7/c30-23-21(16-18-4-2-1-3-5-18)10-11-22(24(23)31)26-32-25(33-41-26)20-8-6-19(7-9-20)17-34-14-12-29(13-15-34,39-27(35)36)40-28(37)38/h1-11H,12-17H2,(H,35,36)(H,37,38). The maximum absolute atomic E-state index is 14.9. The highest BCUT2D eigenvalue weighted by atomic mass is 19.2. The first kappa shape index (κ1) is 27.7. The van der Waals surface area contributed by atoms with E-state index in [0.717, 1.165) is 11.1 Å². The van der Waals surface area contributed by atoms with E-state index in [-0.39, 0.29) is 42.1 Å². The van der Waals surface area contributed by atoms with Crippen LogP contribution in [-0.2, 0) is 22.4 Å². The summed E-state index contributed by atoms with van der Waals surface area (Å²) in [5.41, 5.74) is 2.47. The van der Waals surface area contributed by atoms with Crippen molar-refractivity contribution < 1.29 is 42.6 Å². The molecule has 0 radical (unpaired) electrons. The van der Waals surface area contributed by atoms with Crippen LogP contribution in [0.15, 0.2) is 71.3 Å². The molecule has 0 bridgehead atoms. The van der Waals surface area contributed by atoms with Gasteiger partial charge in [0.2, 0.25) is 5.82 Å². The molecular weight excluding hydrogens is 540 g/mol. The lowest BCUT2D eigenvalue weighted by molar-refractivity contribution is -0.206. The van der Waals surface area contributed by atoms with Crippen LogP contribution in [0.25, 0.3) is 22.8 Å². The number of hydrogen-bond donors (Lipinski definition) is 2. The number of piperidine rings is 1. The lowest BCUT2D eigenvalue weighted by Gasteiger charge is -2.38. The fourth-order valence-corrected chi connectivity index (χ4v) is 4.77. The van der Waals surface area contributed by atoms with Gasteiger partial charge in [0.05, 0.1) is 5.56 Å². The lowest BCUT2D eigenvalue weighted by Crippen LogP contribution is -2.49. The Morgan fingerprint density at radius 1 is 0.878 bits per heavy atom. The average Bonchev–Trinajstić information content (AvgIpc) is 3.43. The number of carbonyl (C=O) groups is 2. The number of hydrogen-bond acceptors (Lipinski definition) is 8. The van der Waals surface area contributed by atoms with E-state index in [1.807, 2.05) is 47.4 Å². The minimum atomic E-state index is -1.72. The maximum Gasteiger partial charge on any atom is 0.509 e. The highest BCUT2D eigenvalue weighted by Crippen LogP contribution is 2.31. The van der Waals surface area contributed by atoms with Crippen molar-refractivity contribution in [3.05, 3.63) is 95.1 Å². The molecule has 0 spiro atoms. The number of likely N-dealkylation sites (tertiary alicyclic amines) is 1. The van der Waals surface area contributed by atoms with Crippen molar-refractivity contribution in [1.29, 1.82) is 0 Å². The van der Waals surface area contributed by atoms with Crippen LogP contribution >= 0.6 is 0 Å². The van der Waals surface area contributed by atoms with Gasteiger partial charge in [-0.15, -0.1) is 0 Å². The molecule has 10 nitrogen and oxygen atoms in total. The number of carboxylic acid groups (broad SMARTS) is 2. The molecular formula is C29H25F2N3O7. The third kappa shape index (κ3) is 6.49. The van der Waals surface area contributed by atoms with Crippen molar-refractivity contribution in [2.24, 2.45) is 0 Å². The molecule has 0 saturated carbocycles. The Bertz CT molecular complexity index is 1520. The van der Waals surface area contributed by atoms with E-state index in [2.05, 4.69) is 10.1 Å². The summed E-state index contributed by atoms with van der Waals surface area (Å²) in [5.74, 6) is -3.68. The van der Waals surface area contributed by atoms with Gasteiger partial charge >= 0.3 is 12.3 Å². The van der Waals surface area contributed by atoms with Gasteiger partial charge in [0.15, 0.2) is 11.6 Å². The molecule has 1 aliphatic heterocycles. The number of aromatic nitrogens is 2. The molecule has 0 aliphatic carbocycles. The Balaban J connectivity index is 1.23. The molecule has 3 aromatic carbocycles. The number of ether oxygens (including phenoxy) is 2.